The van der Waals surface area contributed by atoms with Crippen LogP contribution in [0.5, 0.6) is 5.75 Å². The van der Waals surface area contributed by atoms with Crippen LogP contribution >= 0.6 is 11.6 Å². The van der Waals surface area contributed by atoms with Crippen LogP contribution < -0.4 is 15.4 Å². The Kier molecular flexibility index (Phi) is 7.29. The minimum Gasteiger partial charge on any atom is -0.482 e. The Morgan fingerprint density at radius 2 is 1.80 bits per heavy atom. The van der Waals surface area contributed by atoms with Crippen molar-refractivity contribution in [2.24, 2.45) is 0 Å². The molecule has 0 spiro atoms. The highest BCUT2D eigenvalue weighted by Crippen LogP contribution is 2.22. The van der Waals surface area contributed by atoms with Crippen molar-refractivity contribution in [3.05, 3.63) is 59.1 Å². The summed E-state index contributed by atoms with van der Waals surface area (Å²) in [6.45, 7) is 2.58. The van der Waals surface area contributed by atoms with Gasteiger partial charge in [-0.2, -0.15) is 0 Å². The number of rotatable bonds is 8. The lowest BCUT2D eigenvalue weighted by Crippen LogP contribution is -2.24. The second-order valence-corrected chi connectivity index (χ2v) is 5.86. The number of unbranched alkanes of at least 4 members (excludes halogenated alkanes) is 1. The smallest absolute Gasteiger partial charge is 0.262 e. The van der Waals surface area contributed by atoms with E-state index in [-0.39, 0.29) is 18.4 Å². The summed E-state index contributed by atoms with van der Waals surface area (Å²) in [6, 6.07) is 13.7. The standard InChI is InChI=1S/C19H21ClN2O3/c1-2-3-12-21-19(24)14-8-10-15(11-9-14)22-18(23)13-25-17-7-5-4-6-16(17)20/h4-11H,2-3,12-13H2,1H3,(H,21,24)(H,22,23). The van der Waals surface area contributed by atoms with Crippen molar-refractivity contribution in [2.75, 3.05) is 18.5 Å². The summed E-state index contributed by atoms with van der Waals surface area (Å²) >= 11 is 5.97. The van der Waals surface area contributed by atoms with Gasteiger partial charge in [0.05, 0.1) is 5.02 Å². The fraction of sp³-hybridized carbons (Fsp3) is 0.263. The molecule has 25 heavy (non-hydrogen) atoms. The molecule has 0 heterocycles. The summed E-state index contributed by atoms with van der Waals surface area (Å²) in [4.78, 5) is 23.8. The number of nitrogens with one attached hydrogen (secondary N) is 2. The van der Waals surface area contributed by atoms with Gasteiger partial charge in [-0.05, 0) is 42.8 Å². The molecule has 0 unspecified atom stereocenters. The van der Waals surface area contributed by atoms with Crippen molar-refractivity contribution in [3.63, 3.8) is 0 Å². The number of anilines is 1. The molecule has 0 saturated heterocycles. The average molecular weight is 361 g/mol. The molecular weight excluding hydrogens is 340 g/mol. The van der Waals surface area contributed by atoms with Crippen LogP contribution in [0.25, 0.3) is 0 Å². The SMILES string of the molecule is CCCCNC(=O)c1ccc(NC(=O)COc2ccccc2Cl)cc1. The van der Waals surface area contributed by atoms with E-state index in [1.165, 1.54) is 0 Å². The lowest BCUT2D eigenvalue weighted by Gasteiger charge is -2.09. The van der Waals surface area contributed by atoms with Crippen LogP contribution in [-0.4, -0.2) is 25.0 Å². The van der Waals surface area contributed by atoms with Crippen LogP contribution in [0.3, 0.4) is 0 Å². The third-order valence-electron chi connectivity index (χ3n) is 3.44. The second kappa shape index (κ2) is 9.69. The van der Waals surface area contributed by atoms with Gasteiger partial charge >= 0.3 is 0 Å². The maximum atomic E-state index is 11.9. The van der Waals surface area contributed by atoms with Crippen LogP contribution in [-0.2, 0) is 4.79 Å². The first kappa shape index (κ1) is 18.8. The first-order valence-corrected chi connectivity index (χ1v) is 8.53. The molecule has 6 heteroatoms. The number of benzene rings is 2. The zero-order valence-corrected chi connectivity index (χ0v) is 14.8. The van der Waals surface area contributed by atoms with E-state index in [0.29, 0.717) is 28.6 Å². The van der Waals surface area contributed by atoms with Crippen LogP contribution in [0.1, 0.15) is 30.1 Å². The minimum atomic E-state index is -0.305. The van der Waals surface area contributed by atoms with Crippen LogP contribution in [0.4, 0.5) is 5.69 Å². The molecule has 132 valence electrons. The quantitative estimate of drug-likeness (QED) is 0.702. The van der Waals surface area contributed by atoms with E-state index in [1.54, 1.807) is 48.5 Å². The highest BCUT2D eigenvalue weighted by atomic mass is 35.5. The van der Waals surface area contributed by atoms with Crippen molar-refractivity contribution < 1.29 is 14.3 Å². The van der Waals surface area contributed by atoms with Crippen molar-refractivity contribution in [3.8, 4) is 5.75 Å². The van der Waals surface area contributed by atoms with Crippen LogP contribution in [0.15, 0.2) is 48.5 Å². The number of carbonyl (C=O) groups excluding carboxylic acids is 2. The number of halogens is 1. The van der Waals surface area contributed by atoms with Crippen molar-refractivity contribution in [1.82, 2.24) is 5.32 Å². The molecule has 2 amide bonds. The molecular formula is C19H21ClN2O3. The van der Waals surface area contributed by atoms with E-state index >= 15 is 0 Å². The van der Waals surface area contributed by atoms with E-state index in [0.717, 1.165) is 12.8 Å². The van der Waals surface area contributed by atoms with Gasteiger partial charge in [0.25, 0.3) is 11.8 Å². The first-order chi connectivity index (χ1) is 12.1. The molecule has 0 aliphatic heterocycles. The van der Waals surface area contributed by atoms with Crippen LogP contribution in [0.2, 0.25) is 5.02 Å². The highest BCUT2D eigenvalue weighted by Gasteiger charge is 2.08. The normalized spacial score (nSPS) is 10.2. The number of carbonyl (C=O) groups is 2. The molecule has 0 saturated carbocycles. The molecule has 0 fully saturated rings. The molecule has 0 bridgehead atoms. The van der Waals surface area contributed by atoms with Crippen LogP contribution in [0, 0.1) is 0 Å². The highest BCUT2D eigenvalue weighted by molar-refractivity contribution is 6.32. The molecule has 0 aliphatic carbocycles. The van der Waals surface area contributed by atoms with Gasteiger partial charge in [0, 0.05) is 17.8 Å². The third kappa shape index (κ3) is 6.12. The predicted octanol–water partition coefficient (Wildman–Crippen LogP) is 3.89. The first-order valence-electron chi connectivity index (χ1n) is 8.15. The maximum Gasteiger partial charge on any atom is 0.262 e. The van der Waals surface area contributed by atoms with Gasteiger partial charge < -0.3 is 15.4 Å². The molecule has 0 radical (unpaired) electrons. The number of ether oxygens (including phenoxy) is 1. The Balaban J connectivity index is 1.83. The van der Waals surface area contributed by atoms with Gasteiger partial charge in [0.15, 0.2) is 6.61 Å². The lowest BCUT2D eigenvalue weighted by molar-refractivity contribution is -0.118. The molecule has 0 atom stereocenters. The zero-order chi connectivity index (χ0) is 18.1. The monoisotopic (exact) mass is 360 g/mol. The summed E-state index contributed by atoms with van der Waals surface area (Å²) in [5, 5.41) is 6.01. The molecule has 2 aromatic rings. The van der Waals surface area contributed by atoms with E-state index in [4.69, 9.17) is 16.3 Å². The van der Waals surface area contributed by atoms with E-state index in [2.05, 4.69) is 17.6 Å². The number of amides is 2. The molecule has 0 aliphatic rings. The van der Waals surface area contributed by atoms with Crippen molar-refractivity contribution in [2.45, 2.75) is 19.8 Å². The van der Waals surface area contributed by atoms with Gasteiger partial charge in [-0.3, -0.25) is 9.59 Å². The van der Waals surface area contributed by atoms with E-state index in [9.17, 15) is 9.59 Å². The van der Waals surface area contributed by atoms with Gasteiger partial charge in [0.1, 0.15) is 5.75 Å². The predicted molar refractivity (Wildman–Crippen MR) is 99.3 cm³/mol. The Hall–Kier alpha value is -2.53. The molecule has 2 rings (SSSR count). The Morgan fingerprint density at radius 1 is 1.08 bits per heavy atom. The van der Waals surface area contributed by atoms with E-state index < -0.39 is 0 Å². The van der Waals surface area contributed by atoms with Gasteiger partial charge in [0.2, 0.25) is 0 Å². The minimum absolute atomic E-state index is 0.117. The Labute approximate surface area is 152 Å². The molecule has 2 aromatic carbocycles. The summed E-state index contributed by atoms with van der Waals surface area (Å²) in [7, 11) is 0. The van der Waals surface area contributed by atoms with Gasteiger partial charge in [-0.1, -0.05) is 37.1 Å². The number of para-hydroxylation sites is 1. The largest absolute Gasteiger partial charge is 0.482 e. The summed E-state index contributed by atoms with van der Waals surface area (Å²) in [5.41, 5.74) is 1.15. The van der Waals surface area contributed by atoms with Gasteiger partial charge in [-0.15, -0.1) is 0 Å². The summed E-state index contributed by atoms with van der Waals surface area (Å²) < 4.78 is 5.38. The fourth-order valence-corrected chi connectivity index (χ4v) is 2.28. The number of hydrogen-bond acceptors (Lipinski definition) is 3. The second-order valence-electron chi connectivity index (χ2n) is 5.45. The Morgan fingerprint density at radius 3 is 2.48 bits per heavy atom. The van der Waals surface area contributed by atoms with E-state index in [1.807, 2.05) is 0 Å². The van der Waals surface area contributed by atoms with Gasteiger partial charge in [-0.25, -0.2) is 0 Å². The molecule has 2 N–H and O–H groups in total. The zero-order valence-electron chi connectivity index (χ0n) is 14.0. The third-order valence-corrected chi connectivity index (χ3v) is 3.75. The molecule has 0 aromatic heterocycles. The van der Waals surface area contributed by atoms with Crippen molar-refractivity contribution in [1.29, 1.82) is 0 Å². The number of hydrogen-bond donors (Lipinski definition) is 2. The molecule has 5 nitrogen and oxygen atoms in total. The lowest BCUT2D eigenvalue weighted by atomic mass is 10.2. The Bertz CT molecular complexity index is 717. The summed E-state index contributed by atoms with van der Waals surface area (Å²) in [6.07, 6.45) is 1.98. The fourth-order valence-electron chi connectivity index (χ4n) is 2.09. The average Bonchev–Trinajstić information content (AvgIpc) is 2.62. The summed E-state index contributed by atoms with van der Waals surface area (Å²) in [5.74, 6) is 0.0341. The van der Waals surface area contributed by atoms with Crippen molar-refractivity contribution >= 4 is 29.1 Å². The topological polar surface area (TPSA) is 67.4 Å². The maximum absolute atomic E-state index is 11.9.